The summed E-state index contributed by atoms with van der Waals surface area (Å²) in [7, 11) is 0. The maximum Gasteiger partial charge on any atom is 0.321 e. The number of carboxylic acid groups (broad SMARTS) is 1. The minimum Gasteiger partial charge on any atom is -0.508 e. The van der Waals surface area contributed by atoms with Crippen LogP contribution in [0.2, 0.25) is 0 Å². The van der Waals surface area contributed by atoms with Gasteiger partial charge in [-0.1, -0.05) is 0 Å². The Morgan fingerprint density at radius 3 is 2.63 bits per heavy atom. The Kier molecular flexibility index (Phi) is 3.23. The van der Waals surface area contributed by atoms with Gasteiger partial charge in [0.1, 0.15) is 17.5 Å². The first-order valence-electron chi connectivity index (χ1n) is 8.63. The van der Waals surface area contributed by atoms with Crippen LogP contribution in [0.4, 0.5) is 0 Å². The molecule has 0 radical (unpaired) electrons. The average molecular weight is 363 g/mol. The van der Waals surface area contributed by atoms with E-state index in [0.29, 0.717) is 12.0 Å². The molecule has 6 N–H and O–H groups in total. The molecule has 0 fully saturated rings. The highest BCUT2D eigenvalue weighted by Gasteiger charge is 2.33. The number of H-pyrrole nitrogens is 2. The summed E-state index contributed by atoms with van der Waals surface area (Å²) in [6.45, 7) is 0. The van der Waals surface area contributed by atoms with Gasteiger partial charge in [-0.25, -0.2) is 0 Å². The normalized spacial score (nSPS) is 19.4. The summed E-state index contributed by atoms with van der Waals surface area (Å²) in [5.41, 5.74) is 3.92. The van der Waals surface area contributed by atoms with E-state index in [2.05, 4.69) is 15.3 Å². The Morgan fingerprint density at radius 2 is 1.81 bits per heavy atom. The van der Waals surface area contributed by atoms with Crippen molar-refractivity contribution in [1.29, 1.82) is 0 Å². The summed E-state index contributed by atoms with van der Waals surface area (Å²) < 4.78 is 0. The Bertz CT molecular complexity index is 1210. The fraction of sp³-hybridized carbons (Fsp3) is 0.150. The van der Waals surface area contributed by atoms with Crippen LogP contribution in [0.15, 0.2) is 42.7 Å². The molecule has 2 atom stereocenters. The lowest BCUT2D eigenvalue weighted by Crippen LogP contribution is -2.40. The average Bonchev–Trinajstić information content (AvgIpc) is 3.18. The molecule has 136 valence electrons. The standard InChI is InChI=1S/C20H17N3O4/c24-10-1-2-13-11(6-10)12(8-22-13)19-18-16(25)4-3-14-17(18)9(7-21-14)5-15(23-19)20(26)27/h1-4,6-8,15,19,21-25H,5H2,(H,26,27)/t15-,19+/m0/s1. The van der Waals surface area contributed by atoms with E-state index in [9.17, 15) is 20.1 Å². The number of phenolic OH excluding ortho intramolecular Hbond substituents is 2. The van der Waals surface area contributed by atoms with Crippen LogP contribution >= 0.6 is 0 Å². The Labute approximate surface area is 153 Å². The van der Waals surface area contributed by atoms with Gasteiger partial charge in [0.25, 0.3) is 0 Å². The Morgan fingerprint density at radius 1 is 1.04 bits per heavy atom. The maximum atomic E-state index is 11.8. The zero-order valence-electron chi connectivity index (χ0n) is 14.2. The predicted molar refractivity (Wildman–Crippen MR) is 100 cm³/mol. The van der Waals surface area contributed by atoms with Gasteiger partial charge >= 0.3 is 5.97 Å². The van der Waals surface area contributed by atoms with Crippen molar-refractivity contribution >= 4 is 27.8 Å². The van der Waals surface area contributed by atoms with Crippen molar-refractivity contribution in [3.8, 4) is 11.5 Å². The molecule has 4 aromatic rings. The van der Waals surface area contributed by atoms with Crippen LogP contribution in [0.1, 0.15) is 22.7 Å². The summed E-state index contributed by atoms with van der Waals surface area (Å²) >= 11 is 0. The van der Waals surface area contributed by atoms with Crippen molar-refractivity contribution < 1.29 is 20.1 Å². The van der Waals surface area contributed by atoms with E-state index in [1.807, 2.05) is 0 Å². The SMILES string of the molecule is O=C(O)[C@@H]1Cc2c[nH]c3ccc(O)c(c23)[C@@H](c2c[nH]c3ccc(O)cc23)N1. The van der Waals surface area contributed by atoms with Crippen LogP contribution in [0.25, 0.3) is 21.8 Å². The molecule has 0 unspecified atom stereocenters. The Balaban J connectivity index is 1.82. The van der Waals surface area contributed by atoms with Crippen LogP contribution < -0.4 is 5.32 Å². The van der Waals surface area contributed by atoms with Gasteiger partial charge in [0.2, 0.25) is 0 Å². The minimum atomic E-state index is -0.954. The molecule has 2 aromatic carbocycles. The molecule has 2 aromatic heterocycles. The van der Waals surface area contributed by atoms with E-state index in [1.165, 1.54) is 0 Å². The summed E-state index contributed by atoms with van der Waals surface area (Å²) in [6.07, 6.45) is 3.89. The fourth-order valence-corrected chi connectivity index (χ4v) is 4.10. The second-order valence-electron chi connectivity index (χ2n) is 6.90. The number of nitrogens with one attached hydrogen (secondary N) is 3. The summed E-state index contributed by atoms with van der Waals surface area (Å²) in [5, 5.41) is 35.1. The zero-order chi connectivity index (χ0) is 18.7. The monoisotopic (exact) mass is 363 g/mol. The molecule has 5 rings (SSSR count). The maximum absolute atomic E-state index is 11.8. The van der Waals surface area contributed by atoms with Gasteiger partial charge in [-0.2, -0.15) is 0 Å². The molecule has 0 saturated heterocycles. The number of carbonyl (C=O) groups is 1. The predicted octanol–water partition coefficient (Wildman–Crippen LogP) is 2.75. The fourth-order valence-electron chi connectivity index (χ4n) is 4.10. The molecule has 0 saturated carbocycles. The van der Waals surface area contributed by atoms with Crippen LogP contribution in [-0.4, -0.2) is 37.3 Å². The zero-order valence-corrected chi connectivity index (χ0v) is 14.2. The molecule has 3 heterocycles. The number of aliphatic carboxylic acids is 1. The second kappa shape index (κ2) is 5.52. The van der Waals surface area contributed by atoms with Crippen LogP contribution in [0.5, 0.6) is 11.5 Å². The van der Waals surface area contributed by atoms with E-state index < -0.39 is 18.1 Å². The lowest BCUT2D eigenvalue weighted by molar-refractivity contribution is -0.139. The summed E-state index contributed by atoms with van der Waals surface area (Å²) in [6, 6.07) is 7.02. The molecule has 1 aliphatic heterocycles. The number of hydrogen-bond acceptors (Lipinski definition) is 4. The number of benzene rings is 2. The minimum absolute atomic E-state index is 0.0985. The van der Waals surface area contributed by atoms with Gasteiger partial charge in [-0.15, -0.1) is 0 Å². The quantitative estimate of drug-likeness (QED) is 0.327. The molecular formula is C20H17N3O4. The Hall–Kier alpha value is -3.45. The number of aromatic amines is 2. The largest absolute Gasteiger partial charge is 0.508 e. The number of phenols is 2. The highest BCUT2D eigenvalue weighted by Crippen LogP contribution is 2.42. The number of rotatable bonds is 2. The first-order chi connectivity index (χ1) is 13.0. The van der Waals surface area contributed by atoms with Crippen LogP contribution in [0, 0.1) is 0 Å². The number of aromatic nitrogens is 2. The van der Waals surface area contributed by atoms with Gasteiger partial charge in [-0.3, -0.25) is 10.1 Å². The van der Waals surface area contributed by atoms with E-state index >= 15 is 0 Å². The molecule has 7 heteroatoms. The van der Waals surface area contributed by atoms with Crippen molar-refractivity contribution in [2.75, 3.05) is 0 Å². The number of aromatic hydroxyl groups is 2. The molecule has 27 heavy (non-hydrogen) atoms. The van der Waals surface area contributed by atoms with Gasteiger partial charge in [0.05, 0.1) is 6.04 Å². The van der Waals surface area contributed by atoms with Gasteiger partial charge in [0, 0.05) is 46.2 Å². The third-order valence-electron chi connectivity index (χ3n) is 5.33. The molecule has 1 aliphatic rings. The molecule has 7 nitrogen and oxygen atoms in total. The summed E-state index contributed by atoms with van der Waals surface area (Å²) in [4.78, 5) is 18.2. The molecular weight excluding hydrogens is 346 g/mol. The second-order valence-corrected chi connectivity index (χ2v) is 6.90. The third-order valence-corrected chi connectivity index (χ3v) is 5.33. The number of carboxylic acids is 1. The lowest BCUT2D eigenvalue weighted by Gasteiger charge is -2.22. The van der Waals surface area contributed by atoms with Crippen molar-refractivity contribution in [3.05, 3.63) is 59.4 Å². The molecule has 0 amide bonds. The molecule has 0 spiro atoms. The topological polar surface area (TPSA) is 121 Å². The van der Waals surface area contributed by atoms with E-state index in [1.54, 1.807) is 42.7 Å². The van der Waals surface area contributed by atoms with Gasteiger partial charge in [0.15, 0.2) is 0 Å². The third kappa shape index (κ3) is 2.29. The molecule has 0 aliphatic carbocycles. The van der Waals surface area contributed by atoms with Crippen molar-refractivity contribution in [2.45, 2.75) is 18.5 Å². The van der Waals surface area contributed by atoms with E-state index in [-0.39, 0.29) is 11.5 Å². The number of fused-ring (bicyclic) bond motifs is 1. The first kappa shape index (κ1) is 15.8. The smallest absolute Gasteiger partial charge is 0.321 e. The van der Waals surface area contributed by atoms with Crippen molar-refractivity contribution in [3.63, 3.8) is 0 Å². The van der Waals surface area contributed by atoms with Crippen molar-refractivity contribution in [1.82, 2.24) is 15.3 Å². The van der Waals surface area contributed by atoms with Crippen LogP contribution in [0.3, 0.4) is 0 Å². The van der Waals surface area contributed by atoms with E-state index in [0.717, 1.165) is 32.9 Å². The highest BCUT2D eigenvalue weighted by atomic mass is 16.4. The van der Waals surface area contributed by atoms with E-state index in [4.69, 9.17) is 0 Å². The van der Waals surface area contributed by atoms with Crippen LogP contribution in [-0.2, 0) is 11.2 Å². The van der Waals surface area contributed by atoms with Crippen molar-refractivity contribution in [2.24, 2.45) is 0 Å². The highest BCUT2D eigenvalue weighted by molar-refractivity contribution is 5.93. The van der Waals surface area contributed by atoms with Gasteiger partial charge < -0.3 is 25.3 Å². The lowest BCUT2D eigenvalue weighted by atomic mass is 9.94. The first-order valence-corrected chi connectivity index (χ1v) is 8.63. The summed E-state index contributed by atoms with van der Waals surface area (Å²) in [5.74, 6) is -0.734. The number of hydrogen-bond donors (Lipinski definition) is 6. The van der Waals surface area contributed by atoms with Gasteiger partial charge in [-0.05, 0) is 41.5 Å². The molecule has 0 bridgehead atoms.